The molecule has 0 unspecified atom stereocenters. The van der Waals surface area contributed by atoms with E-state index in [1.807, 2.05) is 61.2 Å². The summed E-state index contributed by atoms with van der Waals surface area (Å²) in [5, 5.41) is 0.997. The molecule has 0 saturated carbocycles. The van der Waals surface area contributed by atoms with E-state index in [1.54, 1.807) is 11.3 Å². The zero-order chi connectivity index (χ0) is 20.2. The predicted molar refractivity (Wildman–Crippen MR) is 116 cm³/mol. The van der Waals surface area contributed by atoms with Gasteiger partial charge in [-0.1, -0.05) is 23.5 Å². The number of rotatable bonds is 6. The highest BCUT2D eigenvalue weighted by atomic mass is 32.1. The van der Waals surface area contributed by atoms with E-state index in [-0.39, 0.29) is 12.5 Å². The van der Waals surface area contributed by atoms with Crippen molar-refractivity contribution in [2.75, 3.05) is 44.3 Å². The summed E-state index contributed by atoms with van der Waals surface area (Å²) in [6, 6.07) is 13.8. The molecule has 1 amide bonds. The van der Waals surface area contributed by atoms with Crippen LogP contribution in [0.15, 0.2) is 42.5 Å². The minimum absolute atomic E-state index is 0.0248. The van der Waals surface area contributed by atoms with Crippen LogP contribution in [0.5, 0.6) is 11.5 Å². The summed E-state index contributed by atoms with van der Waals surface area (Å²) >= 11 is 1.67. The Bertz CT molecular complexity index is 996. The van der Waals surface area contributed by atoms with Crippen molar-refractivity contribution in [3.05, 3.63) is 48.0 Å². The van der Waals surface area contributed by atoms with E-state index in [4.69, 9.17) is 14.5 Å². The number of aryl methyl sites for hydroxylation is 1. The van der Waals surface area contributed by atoms with Gasteiger partial charge >= 0.3 is 0 Å². The lowest BCUT2D eigenvalue weighted by Crippen LogP contribution is -2.50. The van der Waals surface area contributed by atoms with Gasteiger partial charge < -0.3 is 19.3 Å². The monoisotopic (exact) mass is 411 g/mol. The maximum absolute atomic E-state index is 12.5. The molecule has 7 heteroatoms. The van der Waals surface area contributed by atoms with Crippen LogP contribution in [0.25, 0.3) is 10.2 Å². The van der Waals surface area contributed by atoms with Crippen LogP contribution < -0.4 is 14.4 Å². The summed E-state index contributed by atoms with van der Waals surface area (Å²) in [7, 11) is 0. The molecule has 152 valence electrons. The molecule has 0 atom stereocenters. The molecule has 2 heterocycles. The molecule has 4 rings (SSSR count). The zero-order valence-electron chi connectivity index (χ0n) is 16.8. The van der Waals surface area contributed by atoms with Crippen LogP contribution in [0.1, 0.15) is 12.5 Å². The van der Waals surface area contributed by atoms with E-state index in [0.29, 0.717) is 19.7 Å². The third-order valence-electron chi connectivity index (χ3n) is 4.91. The number of carbonyl (C=O) groups is 1. The molecule has 0 spiro atoms. The lowest BCUT2D eigenvalue weighted by atomic mass is 10.2. The smallest absolute Gasteiger partial charge is 0.260 e. The quantitative estimate of drug-likeness (QED) is 0.619. The number of thiazole rings is 1. The Morgan fingerprint density at radius 1 is 1.07 bits per heavy atom. The van der Waals surface area contributed by atoms with Crippen LogP contribution in [0.4, 0.5) is 5.13 Å². The lowest BCUT2D eigenvalue weighted by Gasteiger charge is -2.34. The number of piperazine rings is 1. The van der Waals surface area contributed by atoms with Gasteiger partial charge in [0, 0.05) is 26.2 Å². The second kappa shape index (κ2) is 8.69. The molecule has 0 radical (unpaired) electrons. The minimum Gasteiger partial charge on any atom is -0.494 e. The number of fused-ring (bicyclic) bond motifs is 1. The maximum atomic E-state index is 12.5. The molecular weight excluding hydrogens is 386 g/mol. The van der Waals surface area contributed by atoms with Crippen molar-refractivity contribution < 1.29 is 14.3 Å². The zero-order valence-corrected chi connectivity index (χ0v) is 17.6. The molecule has 0 bridgehead atoms. The number of amides is 1. The van der Waals surface area contributed by atoms with Crippen LogP contribution in [0.2, 0.25) is 0 Å². The lowest BCUT2D eigenvalue weighted by molar-refractivity contribution is -0.133. The molecule has 1 fully saturated rings. The molecule has 1 aliphatic heterocycles. The first-order valence-electron chi connectivity index (χ1n) is 9.88. The number of benzene rings is 2. The summed E-state index contributed by atoms with van der Waals surface area (Å²) < 4.78 is 12.4. The van der Waals surface area contributed by atoms with E-state index < -0.39 is 0 Å². The topological polar surface area (TPSA) is 54.9 Å². The number of ether oxygens (including phenoxy) is 2. The third kappa shape index (κ3) is 4.62. The number of hydrogen-bond acceptors (Lipinski definition) is 6. The Morgan fingerprint density at radius 3 is 2.62 bits per heavy atom. The van der Waals surface area contributed by atoms with Crippen LogP contribution >= 0.6 is 11.3 Å². The first-order chi connectivity index (χ1) is 14.1. The summed E-state index contributed by atoms with van der Waals surface area (Å²) in [4.78, 5) is 21.4. The predicted octanol–water partition coefficient (Wildman–Crippen LogP) is 3.73. The fourth-order valence-electron chi connectivity index (χ4n) is 3.37. The van der Waals surface area contributed by atoms with Gasteiger partial charge in [0.15, 0.2) is 11.7 Å². The molecule has 0 N–H and O–H groups in total. The van der Waals surface area contributed by atoms with Gasteiger partial charge in [-0.15, -0.1) is 0 Å². The second-order valence-corrected chi connectivity index (χ2v) is 8.04. The Kier molecular flexibility index (Phi) is 5.85. The number of hydrogen-bond donors (Lipinski definition) is 0. The van der Waals surface area contributed by atoms with Crippen molar-refractivity contribution in [1.82, 2.24) is 9.88 Å². The molecule has 3 aromatic rings. The van der Waals surface area contributed by atoms with E-state index in [0.717, 1.165) is 45.5 Å². The van der Waals surface area contributed by atoms with Gasteiger partial charge in [-0.05, 0) is 49.7 Å². The Morgan fingerprint density at radius 2 is 1.86 bits per heavy atom. The van der Waals surface area contributed by atoms with E-state index >= 15 is 0 Å². The fraction of sp³-hybridized carbons (Fsp3) is 0.364. The van der Waals surface area contributed by atoms with E-state index in [9.17, 15) is 4.79 Å². The summed E-state index contributed by atoms with van der Waals surface area (Å²) in [6.07, 6.45) is 0. The molecule has 29 heavy (non-hydrogen) atoms. The molecule has 1 saturated heterocycles. The average Bonchev–Trinajstić information content (AvgIpc) is 3.16. The van der Waals surface area contributed by atoms with Crippen molar-refractivity contribution in [1.29, 1.82) is 0 Å². The van der Waals surface area contributed by atoms with Gasteiger partial charge in [0.1, 0.15) is 11.5 Å². The maximum Gasteiger partial charge on any atom is 0.260 e. The Hall–Kier alpha value is -2.80. The number of carbonyl (C=O) groups excluding carboxylic acids is 1. The molecular formula is C22H25N3O3S. The van der Waals surface area contributed by atoms with Gasteiger partial charge in [0.2, 0.25) is 0 Å². The number of anilines is 1. The molecule has 0 aliphatic carbocycles. The van der Waals surface area contributed by atoms with Gasteiger partial charge in [-0.25, -0.2) is 4.98 Å². The Labute approximate surface area is 174 Å². The first-order valence-corrected chi connectivity index (χ1v) is 10.7. The van der Waals surface area contributed by atoms with Crippen molar-refractivity contribution >= 4 is 32.6 Å². The standard InChI is InChI=1S/C22H25N3O3S/c1-3-27-18-7-8-19-20(14-18)29-22(23-19)25-11-9-24(10-12-25)21(26)15-28-17-6-4-5-16(2)13-17/h4-8,13-14H,3,9-12,15H2,1-2H3. The van der Waals surface area contributed by atoms with Crippen LogP contribution in [-0.2, 0) is 4.79 Å². The SMILES string of the molecule is CCOc1ccc2nc(N3CCN(C(=O)COc4cccc(C)c4)CC3)sc2c1. The van der Waals surface area contributed by atoms with Crippen LogP contribution in [-0.4, -0.2) is 55.2 Å². The molecule has 2 aromatic carbocycles. The Balaban J connectivity index is 1.33. The normalized spacial score (nSPS) is 14.3. The third-order valence-corrected chi connectivity index (χ3v) is 5.99. The number of nitrogens with zero attached hydrogens (tertiary/aromatic N) is 3. The van der Waals surface area contributed by atoms with Crippen molar-refractivity contribution in [2.24, 2.45) is 0 Å². The van der Waals surface area contributed by atoms with E-state index in [1.165, 1.54) is 0 Å². The van der Waals surface area contributed by atoms with Crippen molar-refractivity contribution in [3.8, 4) is 11.5 Å². The molecule has 1 aliphatic rings. The number of aromatic nitrogens is 1. The fourth-order valence-corrected chi connectivity index (χ4v) is 4.42. The summed E-state index contributed by atoms with van der Waals surface area (Å²) in [5.41, 5.74) is 2.10. The highest BCUT2D eigenvalue weighted by Crippen LogP contribution is 2.32. The molecule has 6 nitrogen and oxygen atoms in total. The van der Waals surface area contributed by atoms with Crippen molar-refractivity contribution in [3.63, 3.8) is 0 Å². The largest absolute Gasteiger partial charge is 0.494 e. The molecule has 1 aromatic heterocycles. The van der Waals surface area contributed by atoms with E-state index in [2.05, 4.69) is 4.90 Å². The first kappa shape index (κ1) is 19.5. The van der Waals surface area contributed by atoms with Gasteiger partial charge in [0.25, 0.3) is 5.91 Å². The average molecular weight is 412 g/mol. The van der Waals surface area contributed by atoms with Crippen LogP contribution in [0.3, 0.4) is 0 Å². The van der Waals surface area contributed by atoms with Crippen molar-refractivity contribution in [2.45, 2.75) is 13.8 Å². The highest BCUT2D eigenvalue weighted by Gasteiger charge is 2.23. The van der Waals surface area contributed by atoms with Gasteiger partial charge in [0.05, 0.1) is 16.8 Å². The highest BCUT2D eigenvalue weighted by molar-refractivity contribution is 7.22. The summed E-state index contributed by atoms with van der Waals surface area (Å²) in [5.74, 6) is 1.63. The van der Waals surface area contributed by atoms with Gasteiger partial charge in [-0.3, -0.25) is 4.79 Å². The summed E-state index contributed by atoms with van der Waals surface area (Å²) in [6.45, 7) is 7.61. The second-order valence-electron chi connectivity index (χ2n) is 7.03. The van der Waals surface area contributed by atoms with Crippen LogP contribution in [0, 0.1) is 6.92 Å². The minimum atomic E-state index is 0.0248. The van der Waals surface area contributed by atoms with Gasteiger partial charge in [-0.2, -0.15) is 0 Å².